The van der Waals surface area contributed by atoms with Crippen LogP contribution >= 0.6 is 46.1 Å². The van der Waals surface area contributed by atoms with Crippen molar-refractivity contribution < 1.29 is 9.53 Å². The van der Waals surface area contributed by atoms with Gasteiger partial charge in [0.15, 0.2) is 5.13 Å². The van der Waals surface area contributed by atoms with E-state index in [0.29, 0.717) is 37.9 Å². The summed E-state index contributed by atoms with van der Waals surface area (Å²) in [5, 5.41) is 14.1. The van der Waals surface area contributed by atoms with Gasteiger partial charge in [-0.15, -0.1) is 11.3 Å². The van der Waals surface area contributed by atoms with Crippen molar-refractivity contribution >= 4 is 63.3 Å². The van der Waals surface area contributed by atoms with E-state index in [-0.39, 0.29) is 12.2 Å². The number of carbonyl (C=O) groups is 1. The lowest BCUT2D eigenvalue weighted by atomic mass is 10.1. The van der Waals surface area contributed by atoms with Gasteiger partial charge in [0.05, 0.1) is 0 Å². The zero-order chi connectivity index (χ0) is 23.1. The van der Waals surface area contributed by atoms with Crippen molar-refractivity contribution in [2.75, 3.05) is 11.9 Å². The molecule has 0 bridgehead atoms. The van der Waals surface area contributed by atoms with E-state index in [2.05, 4.69) is 16.9 Å². The Balaban J connectivity index is 1.76. The van der Waals surface area contributed by atoms with E-state index < -0.39 is 5.91 Å². The number of ether oxygens (including phenoxy) is 1. The number of carbonyl (C=O) groups excluding carboxylic acids is 1. The average molecular weight is 505 g/mol. The summed E-state index contributed by atoms with van der Waals surface area (Å²) in [5.74, 6) is -0.112. The fourth-order valence-electron chi connectivity index (χ4n) is 2.68. The molecular formula is C23H16Cl3N3O2S. The molecule has 0 saturated heterocycles. The van der Waals surface area contributed by atoms with Gasteiger partial charge in [-0.05, 0) is 42.0 Å². The van der Waals surface area contributed by atoms with Gasteiger partial charge in [0, 0.05) is 38.1 Å². The van der Waals surface area contributed by atoms with Crippen LogP contribution in [0.5, 0.6) is 5.75 Å². The molecule has 0 aliphatic heterocycles. The Bertz CT molecular complexity index is 1230. The fourth-order valence-corrected chi connectivity index (χ4v) is 4.17. The smallest absolute Gasteiger partial charge is 0.268 e. The van der Waals surface area contributed by atoms with Crippen LogP contribution in [-0.4, -0.2) is 17.5 Å². The first-order valence-electron chi connectivity index (χ1n) is 9.24. The number of rotatable bonds is 8. The Morgan fingerprint density at radius 3 is 2.69 bits per heavy atom. The molecule has 2 aromatic carbocycles. The summed E-state index contributed by atoms with van der Waals surface area (Å²) in [6, 6.07) is 12.1. The van der Waals surface area contributed by atoms with E-state index in [1.807, 2.05) is 12.1 Å². The van der Waals surface area contributed by atoms with Gasteiger partial charge in [-0.2, -0.15) is 5.26 Å². The van der Waals surface area contributed by atoms with Gasteiger partial charge in [0.25, 0.3) is 5.91 Å². The van der Waals surface area contributed by atoms with Gasteiger partial charge in [-0.25, -0.2) is 4.98 Å². The van der Waals surface area contributed by atoms with E-state index in [0.717, 1.165) is 10.4 Å². The van der Waals surface area contributed by atoms with Crippen LogP contribution < -0.4 is 10.1 Å². The van der Waals surface area contributed by atoms with Gasteiger partial charge >= 0.3 is 0 Å². The van der Waals surface area contributed by atoms with Crippen molar-refractivity contribution in [3.8, 4) is 11.8 Å². The van der Waals surface area contributed by atoms with Gasteiger partial charge < -0.3 is 4.74 Å². The normalized spacial score (nSPS) is 11.0. The van der Waals surface area contributed by atoms with Crippen LogP contribution in [0.3, 0.4) is 0 Å². The maximum Gasteiger partial charge on any atom is 0.268 e. The first-order chi connectivity index (χ1) is 15.4. The number of halogens is 3. The molecule has 3 rings (SSSR count). The minimum atomic E-state index is -0.590. The lowest BCUT2D eigenvalue weighted by Crippen LogP contribution is -2.13. The molecule has 1 N–H and O–H groups in total. The molecule has 162 valence electrons. The minimum absolute atomic E-state index is 0.117. The van der Waals surface area contributed by atoms with Crippen LogP contribution in [-0.2, 0) is 11.2 Å². The van der Waals surface area contributed by atoms with Crippen molar-refractivity contribution in [3.05, 3.63) is 91.9 Å². The lowest BCUT2D eigenvalue weighted by molar-refractivity contribution is -0.112. The van der Waals surface area contributed by atoms with E-state index in [9.17, 15) is 10.1 Å². The number of hydrogen-bond acceptors (Lipinski definition) is 5. The molecule has 0 fully saturated rings. The second kappa shape index (κ2) is 11.2. The van der Waals surface area contributed by atoms with E-state index >= 15 is 0 Å². The molecule has 0 spiro atoms. The number of anilines is 1. The van der Waals surface area contributed by atoms with E-state index in [1.165, 1.54) is 17.4 Å². The van der Waals surface area contributed by atoms with Crippen LogP contribution in [0.25, 0.3) is 6.08 Å². The third-order valence-corrected chi connectivity index (χ3v) is 5.88. The van der Waals surface area contributed by atoms with Crippen molar-refractivity contribution in [1.82, 2.24) is 4.98 Å². The first-order valence-corrected chi connectivity index (χ1v) is 11.2. The van der Waals surface area contributed by atoms with Crippen LogP contribution in [0.15, 0.2) is 60.8 Å². The molecule has 9 heteroatoms. The molecule has 1 heterocycles. The molecule has 0 aliphatic carbocycles. The monoisotopic (exact) mass is 503 g/mol. The third kappa shape index (κ3) is 6.35. The van der Waals surface area contributed by atoms with Crippen LogP contribution in [0.2, 0.25) is 15.1 Å². The predicted molar refractivity (Wildman–Crippen MR) is 131 cm³/mol. The standard InChI is InChI=1S/C23H16Cl3N3O2S/c1-2-7-31-21-6-5-17(24)9-15(21)8-16(12-27)22(30)29-23-28-13-19(32-23)10-14-3-4-18(25)11-20(14)26/h2-6,8-9,11,13H,1,7,10H2,(H,28,29,30)/b16-8+. The van der Waals surface area contributed by atoms with Crippen LogP contribution in [0.4, 0.5) is 5.13 Å². The summed E-state index contributed by atoms with van der Waals surface area (Å²) in [6.07, 6.45) is 5.20. The molecule has 1 amide bonds. The van der Waals surface area contributed by atoms with Gasteiger partial charge in [0.1, 0.15) is 24.0 Å². The molecule has 0 unspecified atom stereocenters. The molecule has 3 aromatic rings. The van der Waals surface area contributed by atoms with Gasteiger partial charge in [-0.3, -0.25) is 10.1 Å². The SMILES string of the molecule is C=CCOc1ccc(Cl)cc1/C=C(\C#N)C(=O)Nc1ncc(Cc2ccc(Cl)cc2Cl)s1. The van der Waals surface area contributed by atoms with Crippen LogP contribution in [0, 0.1) is 11.3 Å². The summed E-state index contributed by atoms with van der Waals surface area (Å²) < 4.78 is 5.57. The number of hydrogen-bond donors (Lipinski definition) is 1. The van der Waals surface area contributed by atoms with Gasteiger partial charge in [0.2, 0.25) is 0 Å². The Morgan fingerprint density at radius 2 is 1.97 bits per heavy atom. The number of nitriles is 1. The summed E-state index contributed by atoms with van der Waals surface area (Å²) >= 11 is 19.5. The quantitative estimate of drug-likeness (QED) is 0.208. The lowest BCUT2D eigenvalue weighted by Gasteiger charge is -2.08. The number of amides is 1. The molecule has 1 aromatic heterocycles. The van der Waals surface area contributed by atoms with Crippen molar-refractivity contribution in [2.24, 2.45) is 0 Å². The van der Waals surface area contributed by atoms with Gasteiger partial charge in [-0.1, -0.05) is 53.5 Å². The van der Waals surface area contributed by atoms with Crippen molar-refractivity contribution in [3.63, 3.8) is 0 Å². The number of nitrogens with zero attached hydrogens (tertiary/aromatic N) is 2. The molecule has 5 nitrogen and oxygen atoms in total. The zero-order valence-electron chi connectivity index (χ0n) is 16.6. The average Bonchev–Trinajstić information content (AvgIpc) is 3.20. The van der Waals surface area contributed by atoms with E-state index in [4.69, 9.17) is 39.5 Å². The highest BCUT2D eigenvalue weighted by Gasteiger charge is 2.14. The maximum atomic E-state index is 12.7. The zero-order valence-corrected chi connectivity index (χ0v) is 19.7. The Labute approximate surface area is 204 Å². The largest absolute Gasteiger partial charge is 0.489 e. The van der Waals surface area contributed by atoms with E-state index in [1.54, 1.807) is 42.6 Å². The number of nitrogens with one attached hydrogen (secondary N) is 1. The Kier molecular flexibility index (Phi) is 8.32. The maximum absolute atomic E-state index is 12.7. The molecular weight excluding hydrogens is 489 g/mol. The Hall–Kier alpha value is -2.82. The summed E-state index contributed by atoms with van der Waals surface area (Å²) in [5.41, 5.74) is 1.28. The highest BCUT2D eigenvalue weighted by atomic mass is 35.5. The topological polar surface area (TPSA) is 75.0 Å². The minimum Gasteiger partial charge on any atom is -0.489 e. The second-order valence-corrected chi connectivity index (χ2v) is 8.85. The van der Waals surface area contributed by atoms with Crippen molar-refractivity contribution in [1.29, 1.82) is 5.26 Å². The first kappa shape index (κ1) is 23.8. The highest BCUT2D eigenvalue weighted by molar-refractivity contribution is 7.15. The molecule has 0 saturated carbocycles. The Morgan fingerprint density at radius 1 is 1.22 bits per heavy atom. The predicted octanol–water partition coefficient (Wildman–Crippen LogP) is 6.80. The fraction of sp³-hybridized carbons (Fsp3) is 0.0870. The molecule has 32 heavy (non-hydrogen) atoms. The molecule has 0 atom stereocenters. The number of thiazole rings is 1. The molecule has 0 radical (unpaired) electrons. The summed E-state index contributed by atoms with van der Waals surface area (Å²) in [6.45, 7) is 3.88. The third-order valence-electron chi connectivity index (χ3n) is 4.15. The molecule has 0 aliphatic rings. The van der Waals surface area contributed by atoms with Crippen LogP contribution in [0.1, 0.15) is 16.0 Å². The highest BCUT2D eigenvalue weighted by Crippen LogP contribution is 2.28. The number of benzene rings is 2. The summed E-state index contributed by atoms with van der Waals surface area (Å²) in [4.78, 5) is 17.8. The summed E-state index contributed by atoms with van der Waals surface area (Å²) in [7, 11) is 0. The number of aromatic nitrogens is 1. The second-order valence-electron chi connectivity index (χ2n) is 6.45. The van der Waals surface area contributed by atoms with Crippen molar-refractivity contribution in [2.45, 2.75) is 6.42 Å².